The fourth-order valence-electron chi connectivity index (χ4n) is 3.50. The number of nitrogens with one attached hydrogen (secondary N) is 1. The Hall–Kier alpha value is -3.57. The van der Waals surface area contributed by atoms with E-state index in [9.17, 15) is 9.59 Å². The van der Waals surface area contributed by atoms with Crippen molar-refractivity contribution in [2.75, 3.05) is 11.9 Å². The summed E-state index contributed by atoms with van der Waals surface area (Å²) in [6.07, 6.45) is 1.73. The predicted octanol–water partition coefficient (Wildman–Crippen LogP) is 5.56. The van der Waals surface area contributed by atoms with E-state index in [1.54, 1.807) is 24.4 Å². The molecule has 0 aliphatic rings. The molecule has 0 unspecified atom stereocenters. The molecule has 1 heterocycles. The number of amides is 1. The Morgan fingerprint density at radius 3 is 2.45 bits per heavy atom. The van der Waals surface area contributed by atoms with Crippen molar-refractivity contribution in [1.82, 2.24) is 4.57 Å². The van der Waals surface area contributed by atoms with Crippen LogP contribution in [0.1, 0.15) is 22.8 Å². The molecule has 0 spiro atoms. The summed E-state index contributed by atoms with van der Waals surface area (Å²) in [5, 5.41) is 4.08. The first kappa shape index (κ1) is 20.7. The van der Waals surface area contributed by atoms with E-state index in [1.807, 2.05) is 66.1 Å². The van der Waals surface area contributed by atoms with Crippen LogP contribution in [0.25, 0.3) is 10.9 Å². The summed E-state index contributed by atoms with van der Waals surface area (Å²) in [6, 6.07) is 22.1. The zero-order valence-electron chi connectivity index (χ0n) is 17.0. The number of rotatable bonds is 7. The number of fused-ring (bicyclic) bond motifs is 1. The van der Waals surface area contributed by atoms with E-state index in [4.69, 9.17) is 16.3 Å². The molecule has 1 N–H and O–H groups in total. The number of benzene rings is 3. The Bertz CT molecular complexity index is 1250. The predicted molar refractivity (Wildman–Crippen MR) is 123 cm³/mol. The molecule has 0 aliphatic heterocycles. The van der Waals surface area contributed by atoms with Crippen molar-refractivity contribution in [2.24, 2.45) is 0 Å². The number of aromatic nitrogens is 1. The van der Waals surface area contributed by atoms with Crippen molar-refractivity contribution < 1.29 is 14.3 Å². The molecule has 156 valence electrons. The molecule has 0 aliphatic carbocycles. The van der Waals surface area contributed by atoms with E-state index in [0.717, 1.165) is 16.5 Å². The lowest BCUT2D eigenvalue weighted by Gasteiger charge is -2.10. The van der Waals surface area contributed by atoms with Gasteiger partial charge in [0.2, 0.25) is 0 Å². The molecular weight excluding hydrogens is 412 g/mol. The number of carbonyl (C=O) groups excluding carboxylic acids is 2. The molecule has 4 rings (SSSR count). The number of hydrogen-bond donors (Lipinski definition) is 1. The smallest absolute Gasteiger partial charge is 0.296 e. The minimum absolute atomic E-state index is 0.357. The standard InChI is InChI=1S/C25H21ClN2O3/c1-2-31-23-10-6-4-8-21(23)27-25(30)24(29)20-16-28(22-9-5-3-7-19(20)22)15-17-11-13-18(26)14-12-17/h3-14,16H,2,15H2,1H3,(H,27,30). The molecule has 0 saturated carbocycles. The average molecular weight is 433 g/mol. The third kappa shape index (κ3) is 4.47. The number of halogens is 1. The van der Waals surface area contributed by atoms with E-state index in [1.165, 1.54) is 0 Å². The molecule has 0 radical (unpaired) electrons. The maximum Gasteiger partial charge on any atom is 0.296 e. The first-order valence-electron chi connectivity index (χ1n) is 9.96. The fraction of sp³-hybridized carbons (Fsp3) is 0.120. The third-order valence-electron chi connectivity index (χ3n) is 4.94. The molecule has 6 heteroatoms. The van der Waals surface area contributed by atoms with Gasteiger partial charge in [0.15, 0.2) is 0 Å². The van der Waals surface area contributed by atoms with Gasteiger partial charge in [-0.25, -0.2) is 0 Å². The second kappa shape index (κ2) is 9.06. The van der Waals surface area contributed by atoms with Crippen LogP contribution in [-0.4, -0.2) is 22.9 Å². The number of carbonyl (C=O) groups is 2. The summed E-state index contributed by atoms with van der Waals surface area (Å²) < 4.78 is 7.50. The average Bonchev–Trinajstić information content (AvgIpc) is 3.15. The number of hydrogen-bond acceptors (Lipinski definition) is 3. The number of anilines is 1. The van der Waals surface area contributed by atoms with Crippen LogP contribution in [0.2, 0.25) is 5.02 Å². The number of ether oxygens (including phenoxy) is 1. The van der Waals surface area contributed by atoms with Gasteiger partial charge in [0, 0.05) is 28.7 Å². The van der Waals surface area contributed by atoms with Crippen molar-refractivity contribution >= 4 is 39.9 Å². The summed E-state index contributed by atoms with van der Waals surface area (Å²) in [5.41, 5.74) is 2.74. The molecule has 5 nitrogen and oxygen atoms in total. The number of Topliss-reactive ketones (excluding diaryl/α,β-unsaturated/α-hetero) is 1. The Morgan fingerprint density at radius 2 is 1.68 bits per heavy atom. The lowest BCUT2D eigenvalue weighted by atomic mass is 10.1. The lowest BCUT2D eigenvalue weighted by molar-refractivity contribution is -0.112. The van der Waals surface area contributed by atoms with Crippen molar-refractivity contribution in [3.8, 4) is 5.75 Å². The minimum Gasteiger partial charge on any atom is -0.492 e. The topological polar surface area (TPSA) is 60.3 Å². The summed E-state index contributed by atoms with van der Waals surface area (Å²) >= 11 is 5.98. The van der Waals surface area contributed by atoms with Crippen LogP contribution in [0.4, 0.5) is 5.69 Å². The maximum atomic E-state index is 13.1. The van der Waals surface area contributed by atoms with Gasteiger partial charge in [-0.05, 0) is 42.8 Å². The highest BCUT2D eigenvalue weighted by Crippen LogP contribution is 2.26. The number of nitrogens with zero attached hydrogens (tertiary/aromatic N) is 1. The maximum absolute atomic E-state index is 13.1. The monoisotopic (exact) mass is 432 g/mol. The van der Waals surface area contributed by atoms with E-state index in [2.05, 4.69) is 5.32 Å². The van der Waals surface area contributed by atoms with Crippen LogP contribution in [0.15, 0.2) is 79.0 Å². The van der Waals surface area contributed by atoms with E-state index < -0.39 is 11.7 Å². The Morgan fingerprint density at radius 1 is 0.968 bits per heavy atom. The van der Waals surface area contributed by atoms with Crippen LogP contribution in [0, 0.1) is 0 Å². The van der Waals surface area contributed by atoms with Gasteiger partial charge in [-0.2, -0.15) is 0 Å². The van der Waals surface area contributed by atoms with Gasteiger partial charge in [-0.1, -0.05) is 54.1 Å². The van der Waals surface area contributed by atoms with E-state index in [0.29, 0.717) is 35.2 Å². The Labute approximate surface area is 185 Å². The highest BCUT2D eigenvalue weighted by Gasteiger charge is 2.22. The molecule has 31 heavy (non-hydrogen) atoms. The second-order valence-corrected chi connectivity index (χ2v) is 7.46. The van der Waals surface area contributed by atoms with Gasteiger partial charge in [-0.3, -0.25) is 9.59 Å². The lowest BCUT2D eigenvalue weighted by Crippen LogP contribution is -2.23. The molecule has 0 bridgehead atoms. The first-order chi connectivity index (χ1) is 15.1. The summed E-state index contributed by atoms with van der Waals surface area (Å²) in [5.74, 6) is -0.782. The van der Waals surface area contributed by atoms with Gasteiger partial charge in [0.1, 0.15) is 5.75 Å². The van der Waals surface area contributed by atoms with Gasteiger partial charge in [-0.15, -0.1) is 0 Å². The van der Waals surface area contributed by atoms with E-state index in [-0.39, 0.29) is 0 Å². The largest absolute Gasteiger partial charge is 0.492 e. The minimum atomic E-state index is -0.707. The van der Waals surface area contributed by atoms with Crippen molar-refractivity contribution in [2.45, 2.75) is 13.5 Å². The SMILES string of the molecule is CCOc1ccccc1NC(=O)C(=O)c1cn(Cc2ccc(Cl)cc2)c2ccccc12. The van der Waals surface area contributed by atoms with E-state index >= 15 is 0 Å². The molecule has 0 fully saturated rings. The zero-order chi connectivity index (χ0) is 21.8. The highest BCUT2D eigenvalue weighted by atomic mass is 35.5. The van der Waals surface area contributed by atoms with Crippen LogP contribution in [0.5, 0.6) is 5.75 Å². The normalized spacial score (nSPS) is 10.8. The quantitative estimate of drug-likeness (QED) is 0.307. The highest BCUT2D eigenvalue weighted by molar-refractivity contribution is 6.48. The summed E-state index contributed by atoms with van der Waals surface area (Å²) in [6.45, 7) is 2.87. The summed E-state index contributed by atoms with van der Waals surface area (Å²) in [7, 11) is 0. The molecule has 1 aromatic heterocycles. The molecule has 0 atom stereocenters. The second-order valence-electron chi connectivity index (χ2n) is 7.03. The number of para-hydroxylation sites is 3. The van der Waals surface area contributed by atoms with Crippen LogP contribution < -0.4 is 10.1 Å². The van der Waals surface area contributed by atoms with Crippen molar-refractivity contribution in [1.29, 1.82) is 0 Å². The van der Waals surface area contributed by atoms with Crippen molar-refractivity contribution in [3.63, 3.8) is 0 Å². The van der Waals surface area contributed by atoms with Gasteiger partial charge in [0.25, 0.3) is 11.7 Å². The van der Waals surface area contributed by atoms with Gasteiger partial charge in [0.05, 0.1) is 17.9 Å². The molecule has 4 aromatic rings. The molecular formula is C25H21ClN2O3. The summed E-state index contributed by atoms with van der Waals surface area (Å²) in [4.78, 5) is 25.8. The number of ketones is 1. The van der Waals surface area contributed by atoms with Crippen LogP contribution >= 0.6 is 11.6 Å². The Balaban J connectivity index is 1.64. The first-order valence-corrected chi connectivity index (χ1v) is 10.3. The van der Waals surface area contributed by atoms with Crippen LogP contribution in [0.3, 0.4) is 0 Å². The Kier molecular flexibility index (Phi) is 6.05. The zero-order valence-corrected chi connectivity index (χ0v) is 17.7. The third-order valence-corrected chi connectivity index (χ3v) is 5.19. The van der Waals surface area contributed by atoms with Crippen LogP contribution in [-0.2, 0) is 11.3 Å². The molecule has 0 saturated heterocycles. The molecule has 1 amide bonds. The van der Waals surface area contributed by atoms with Gasteiger partial charge >= 0.3 is 0 Å². The van der Waals surface area contributed by atoms with Crippen molar-refractivity contribution in [3.05, 3.63) is 95.1 Å². The fourth-order valence-corrected chi connectivity index (χ4v) is 3.62. The molecule has 3 aromatic carbocycles. The van der Waals surface area contributed by atoms with Gasteiger partial charge < -0.3 is 14.6 Å².